The molecule has 2 aliphatic heterocycles. The molecular weight excluding hydrogens is 476 g/mol. The molecule has 2 saturated carbocycles. The second-order valence-electron chi connectivity index (χ2n) is 12.7. The van der Waals surface area contributed by atoms with Crippen LogP contribution in [0.4, 0.5) is 5.82 Å². The Morgan fingerprint density at radius 1 is 1.05 bits per heavy atom. The van der Waals surface area contributed by atoms with E-state index in [0.717, 1.165) is 86.0 Å². The maximum Gasteiger partial charge on any atom is 0.158 e. The van der Waals surface area contributed by atoms with Crippen molar-refractivity contribution in [2.75, 3.05) is 31.2 Å². The summed E-state index contributed by atoms with van der Waals surface area (Å²) in [5, 5.41) is 13.7. The van der Waals surface area contributed by atoms with Gasteiger partial charge in [-0.05, 0) is 64.2 Å². The van der Waals surface area contributed by atoms with Crippen LogP contribution in [0.3, 0.4) is 0 Å². The quantitative estimate of drug-likeness (QED) is 0.533. The molecule has 9 nitrogen and oxygen atoms in total. The number of hydrogen-bond acceptors (Lipinski definition) is 7. The zero-order valence-electron chi connectivity index (χ0n) is 23.5. The van der Waals surface area contributed by atoms with E-state index in [-0.39, 0.29) is 0 Å². The minimum Gasteiger partial charge on any atom is -0.381 e. The highest BCUT2D eigenvalue weighted by molar-refractivity contribution is 5.88. The molecule has 3 unspecified atom stereocenters. The fraction of sp³-hybridized carbons (Fsp3) is 0.724. The first-order valence-electron chi connectivity index (χ1n) is 14.7. The SMILES string of the molecule is Cc1nc(N2CCc3c(c(C)nn3CC34CCCC(C3)C(NCC3COC3)CC4)C2)c2c(n1)c(C)nn2C. The molecule has 5 heterocycles. The van der Waals surface area contributed by atoms with Crippen LogP contribution in [-0.2, 0) is 31.3 Å². The van der Waals surface area contributed by atoms with E-state index in [1.165, 1.54) is 55.5 Å². The van der Waals surface area contributed by atoms with Crippen molar-refractivity contribution >= 4 is 16.9 Å². The van der Waals surface area contributed by atoms with E-state index < -0.39 is 0 Å². The second kappa shape index (κ2) is 9.30. The number of rotatable bonds is 6. The van der Waals surface area contributed by atoms with Crippen LogP contribution in [0, 0.1) is 38.0 Å². The summed E-state index contributed by atoms with van der Waals surface area (Å²) >= 11 is 0. The molecule has 1 N–H and O–H groups in total. The smallest absolute Gasteiger partial charge is 0.158 e. The first-order chi connectivity index (χ1) is 18.4. The molecule has 2 bridgehead atoms. The molecule has 0 aromatic carbocycles. The zero-order valence-corrected chi connectivity index (χ0v) is 23.5. The third-order valence-electron chi connectivity index (χ3n) is 9.97. The first kappa shape index (κ1) is 24.5. The van der Waals surface area contributed by atoms with Gasteiger partial charge < -0.3 is 15.0 Å². The summed E-state index contributed by atoms with van der Waals surface area (Å²) < 4.78 is 9.74. The van der Waals surface area contributed by atoms with Gasteiger partial charge in [0.25, 0.3) is 0 Å². The van der Waals surface area contributed by atoms with E-state index in [1.807, 2.05) is 25.6 Å². The van der Waals surface area contributed by atoms with Crippen molar-refractivity contribution in [2.24, 2.45) is 24.3 Å². The lowest BCUT2D eigenvalue weighted by atomic mass is 9.60. The number of aromatic nitrogens is 6. The number of nitrogens with one attached hydrogen (secondary N) is 1. The van der Waals surface area contributed by atoms with Crippen LogP contribution in [0.5, 0.6) is 0 Å². The lowest BCUT2D eigenvalue weighted by Gasteiger charge is -2.49. The predicted molar refractivity (Wildman–Crippen MR) is 147 cm³/mol. The van der Waals surface area contributed by atoms with Crippen LogP contribution in [0.2, 0.25) is 0 Å². The number of aryl methyl sites for hydroxylation is 4. The van der Waals surface area contributed by atoms with Crippen molar-refractivity contribution in [1.29, 1.82) is 0 Å². The summed E-state index contributed by atoms with van der Waals surface area (Å²) in [6.45, 7) is 12.1. The third-order valence-corrected chi connectivity index (χ3v) is 9.97. The Hall–Kier alpha value is -2.52. The highest BCUT2D eigenvalue weighted by Gasteiger charge is 2.44. The van der Waals surface area contributed by atoms with Gasteiger partial charge >= 0.3 is 0 Å². The maximum absolute atomic E-state index is 5.39. The van der Waals surface area contributed by atoms with Crippen molar-refractivity contribution in [3.8, 4) is 0 Å². The summed E-state index contributed by atoms with van der Waals surface area (Å²) in [4.78, 5) is 12.0. The number of fused-ring (bicyclic) bond motifs is 4. The van der Waals surface area contributed by atoms with Crippen molar-refractivity contribution in [3.05, 3.63) is 28.5 Å². The topological polar surface area (TPSA) is 85.9 Å². The second-order valence-corrected chi connectivity index (χ2v) is 12.7. The number of ether oxygens (including phenoxy) is 1. The van der Waals surface area contributed by atoms with Gasteiger partial charge in [0.15, 0.2) is 5.82 Å². The molecule has 3 atom stereocenters. The summed E-state index contributed by atoms with van der Waals surface area (Å²) in [7, 11) is 2.00. The minimum atomic E-state index is 0.409. The molecule has 3 aromatic rings. The van der Waals surface area contributed by atoms with E-state index in [4.69, 9.17) is 19.8 Å². The van der Waals surface area contributed by atoms with Crippen LogP contribution in [0.1, 0.15) is 67.0 Å². The monoisotopic (exact) mass is 518 g/mol. The van der Waals surface area contributed by atoms with Gasteiger partial charge in [-0.25, -0.2) is 9.97 Å². The molecule has 0 spiro atoms. The molecule has 7 rings (SSSR count). The average Bonchev–Trinajstić information content (AvgIpc) is 3.33. The van der Waals surface area contributed by atoms with Crippen molar-refractivity contribution in [2.45, 2.75) is 84.8 Å². The van der Waals surface area contributed by atoms with Gasteiger partial charge in [-0.15, -0.1) is 0 Å². The summed E-state index contributed by atoms with van der Waals surface area (Å²) in [6, 6.07) is 0.689. The number of hydrogen-bond donors (Lipinski definition) is 1. The number of anilines is 1. The fourth-order valence-corrected chi connectivity index (χ4v) is 7.92. The molecule has 9 heteroatoms. The van der Waals surface area contributed by atoms with Crippen molar-refractivity contribution in [1.82, 2.24) is 34.8 Å². The van der Waals surface area contributed by atoms with E-state index >= 15 is 0 Å². The summed E-state index contributed by atoms with van der Waals surface area (Å²) in [6.07, 6.45) is 9.07. The Bertz CT molecular complexity index is 1360. The average molecular weight is 519 g/mol. The predicted octanol–water partition coefficient (Wildman–Crippen LogP) is 3.62. The van der Waals surface area contributed by atoms with E-state index in [1.54, 1.807) is 0 Å². The number of nitrogens with zero attached hydrogens (tertiary/aromatic N) is 7. The van der Waals surface area contributed by atoms with E-state index in [2.05, 4.69) is 26.9 Å². The van der Waals surface area contributed by atoms with Gasteiger partial charge in [0.05, 0.1) is 24.6 Å². The highest BCUT2D eigenvalue weighted by Crippen LogP contribution is 2.50. The molecule has 0 radical (unpaired) electrons. The van der Waals surface area contributed by atoms with E-state index in [9.17, 15) is 0 Å². The molecule has 1 saturated heterocycles. The Balaban J connectivity index is 1.10. The Morgan fingerprint density at radius 2 is 1.92 bits per heavy atom. The lowest BCUT2D eigenvalue weighted by molar-refractivity contribution is -0.0364. The normalized spacial score (nSPS) is 27.5. The standard InChI is InChI=1S/C29H42N8O/c1-18-23-14-36(28-27-26(31-20(3)32-28)19(2)33-35(27)4)11-8-25(23)37(34-18)17-29-9-5-6-22(12-29)24(7-10-29)30-13-21-15-38-16-21/h21-22,24,30H,5-17H2,1-4H3. The molecular formula is C29H42N8O. The molecule has 3 aromatic heterocycles. The van der Waals surface area contributed by atoms with Crippen LogP contribution in [0.15, 0.2) is 0 Å². The zero-order chi connectivity index (χ0) is 26.0. The van der Waals surface area contributed by atoms with Gasteiger partial charge in [0.1, 0.15) is 16.9 Å². The fourth-order valence-electron chi connectivity index (χ4n) is 7.92. The summed E-state index contributed by atoms with van der Waals surface area (Å²) in [5.74, 6) is 3.35. The Labute approximate surface area is 225 Å². The third kappa shape index (κ3) is 4.13. The van der Waals surface area contributed by atoms with Gasteiger partial charge in [0, 0.05) is 62.9 Å². The maximum atomic E-state index is 5.39. The molecule has 204 valence electrons. The minimum absolute atomic E-state index is 0.409. The van der Waals surface area contributed by atoms with Gasteiger partial charge in [-0.3, -0.25) is 9.36 Å². The van der Waals surface area contributed by atoms with Crippen LogP contribution in [-0.4, -0.2) is 61.9 Å². The molecule has 3 fully saturated rings. The van der Waals surface area contributed by atoms with E-state index in [0.29, 0.717) is 11.5 Å². The van der Waals surface area contributed by atoms with Crippen molar-refractivity contribution in [3.63, 3.8) is 0 Å². The van der Waals surface area contributed by atoms with Crippen LogP contribution >= 0.6 is 0 Å². The van der Waals surface area contributed by atoms with Crippen LogP contribution < -0.4 is 10.2 Å². The largest absolute Gasteiger partial charge is 0.381 e. The van der Waals surface area contributed by atoms with Crippen LogP contribution in [0.25, 0.3) is 11.0 Å². The summed E-state index contributed by atoms with van der Waals surface area (Å²) in [5.41, 5.74) is 7.38. The Morgan fingerprint density at radius 3 is 2.74 bits per heavy atom. The molecule has 2 aliphatic carbocycles. The van der Waals surface area contributed by atoms with Crippen molar-refractivity contribution < 1.29 is 4.74 Å². The van der Waals surface area contributed by atoms with Gasteiger partial charge in [0.2, 0.25) is 0 Å². The van der Waals surface area contributed by atoms with Gasteiger partial charge in [-0.1, -0.05) is 6.42 Å². The molecule has 0 amide bonds. The highest BCUT2D eigenvalue weighted by atomic mass is 16.5. The lowest BCUT2D eigenvalue weighted by Crippen LogP contribution is -2.50. The Kier molecular flexibility index (Phi) is 6.00. The molecule has 38 heavy (non-hydrogen) atoms. The van der Waals surface area contributed by atoms with Gasteiger partial charge in [-0.2, -0.15) is 10.2 Å². The molecule has 4 aliphatic rings. The first-order valence-corrected chi connectivity index (χ1v) is 14.7.